The Morgan fingerprint density at radius 2 is 0.941 bits per heavy atom. The smallest absolute Gasteiger partial charge is 1.00 e. The second-order valence-electron chi connectivity index (χ2n) is 13.0. The number of nitrogens with one attached hydrogen (secondary N) is 1. The summed E-state index contributed by atoms with van der Waals surface area (Å²) < 4.78 is 0. The van der Waals surface area contributed by atoms with Crippen molar-refractivity contribution in [2.24, 2.45) is 0 Å². The van der Waals surface area contributed by atoms with Gasteiger partial charge in [-0.15, -0.1) is 0 Å². The summed E-state index contributed by atoms with van der Waals surface area (Å²) in [6, 6.07) is 0. The Morgan fingerprint density at radius 3 is 1.14 bits per heavy atom. The maximum Gasteiger partial charge on any atom is 1.00 e. The number of halogens is 3. The zero-order valence-electron chi connectivity index (χ0n) is 36.5. The van der Waals surface area contributed by atoms with E-state index in [4.69, 9.17) is 20.3 Å². The van der Waals surface area contributed by atoms with Gasteiger partial charge >= 0.3 is 103 Å². The Morgan fingerprint density at radius 1 is 0.647 bits per heavy atom. The molecule has 0 aliphatic rings. The molecule has 51 heavy (non-hydrogen) atoms. The molecule has 0 rings (SSSR count). The summed E-state index contributed by atoms with van der Waals surface area (Å²) in [5.74, 6) is 0. The van der Waals surface area contributed by atoms with Crippen molar-refractivity contribution in [3.05, 3.63) is 0 Å². The van der Waals surface area contributed by atoms with E-state index in [0.29, 0.717) is 6.54 Å². The van der Waals surface area contributed by atoms with Crippen molar-refractivity contribution in [1.82, 2.24) is 10.2 Å². The summed E-state index contributed by atoms with van der Waals surface area (Å²) in [7, 11) is 2.64. The van der Waals surface area contributed by atoms with Crippen LogP contribution in [0.25, 0.3) is 0 Å². The molecule has 0 fully saturated rings. The molecule has 0 unspecified atom stereocenters. The van der Waals surface area contributed by atoms with E-state index in [9.17, 15) is 0 Å². The average Bonchev–Trinajstić information content (AvgIpc) is 3.09. The van der Waals surface area contributed by atoms with Crippen LogP contribution in [0.2, 0.25) is 0 Å². The van der Waals surface area contributed by atoms with E-state index in [1.54, 1.807) is 31.7 Å². The van der Waals surface area contributed by atoms with Gasteiger partial charge in [-0.25, -0.2) is 0 Å². The Labute approximate surface area is 436 Å². The predicted octanol–water partition coefficient (Wildman–Crippen LogP) is -3.33. The molecule has 0 spiro atoms. The van der Waals surface area contributed by atoms with Crippen LogP contribution in [-0.2, 0) is 9.68 Å². The zero-order valence-corrected chi connectivity index (χ0v) is 48.3. The Hall–Kier alpha value is 4.84. The molecule has 0 saturated heterocycles. The van der Waals surface area contributed by atoms with Crippen LogP contribution in [0.15, 0.2) is 0 Å². The van der Waals surface area contributed by atoms with Crippen LogP contribution in [0.5, 0.6) is 0 Å². The van der Waals surface area contributed by atoms with E-state index in [0.717, 1.165) is 13.1 Å². The number of aliphatic hydroxyl groups excluding tert-OH is 2. The Bertz CT molecular complexity index is 550. The molecule has 306 valence electrons. The summed E-state index contributed by atoms with van der Waals surface area (Å²) in [5, 5.41) is 29.4. The largest absolute Gasteiger partial charge is 1.00 e. The van der Waals surface area contributed by atoms with Crippen molar-refractivity contribution < 1.29 is 163 Å². The maximum absolute atomic E-state index is 9.01. The molecule has 0 amide bonds. The van der Waals surface area contributed by atoms with Gasteiger partial charge in [0.15, 0.2) is 0 Å². The zero-order chi connectivity index (χ0) is 36.5. The number of unbranched alkanes of at least 4 members (excludes halogenated alkanes) is 6. The summed E-state index contributed by atoms with van der Waals surface area (Å²) >= 11 is 3.62. The first-order valence-electron chi connectivity index (χ1n) is 19.2. The number of carbonyl (C=O) groups excluding carboxylic acids is 1. The number of rotatable bonds is 30. The average molecular weight is 1020 g/mol. The van der Waals surface area contributed by atoms with Crippen LogP contribution >= 0.6 is 30.5 Å². The number of hydrogen-bond acceptors (Lipinski definition) is 7. The molecule has 0 aliphatic carbocycles. The Balaban J connectivity index is -0.0000000768. The van der Waals surface area contributed by atoms with Gasteiger partial charge < -0.3 is 66.0 Å². The molecule has 0 heterocycles. The number of carbonyl (C=O) groups is 1. The topological polar surface area (TPSA) is 105 Å². The third-order valence-electron chi connectivity index (χ3n) is 8.74. The molecular formula is C37H85Br3K2N2O5P2. The summed E-state index contributed by atoms with van der Waals surface area (Å²) in [4.78, 5) is 13.5. The molecule has 0 aliphatic heterocycles. The van der Waals surface area contributed by atoms with Crippen LogP contribution in [0.1, 0.15) is 133 Å². The van der Waals surface area contributed by atoms with E-state index in [1.165, 1.54) is 120 Å². The van der Waals surface area contributed by atoms with Gasteiger partial charge in [0.25, 0.3) is 6.47 Å². The second kappa shape index (κ2) is 61.5. The van der Waals surface area contributed by atoms with Crippen molar-refractivity contribution in [3.8, 4) is 0 Å². The monoisotopic (exact) mass is 1010 g/mol. The first kappa shape index (κ1) is 73.4. The van der Waals surface area contributed by atoms with Crippen molar-refractivity contribution in [1.29, 1.82) is 0 Å². The van der Waals surface area contributed by atoms with Gasteiger partial charge in [0.2, 0.25) is 0 Å². The summed E-state index contributed by atoms with van der Waals surface area (Å²) in [5.41, 5.74) is 0. The quantitative estimate of drug-likeness (QED) is 0.0173. The molecule has 14 heteroatoms. The molecule has 0 aromatic heterocycles. The predicted molar refractivity (Wildman–Crippen MR) is 219 cm³/mol. The number of alkyl halides is 1. The van der Waals surface area contributed by atoms with Crippen LogP contribution in [0.3, 0.4) is 0 Å². The van der Waals surface area contributed by atoms with Gasteiger partial charge in [-0.3, -0.25) is 4.79 Å². The summed E-state index contributed by atoms with van der Waals surface area (Å²) in [6.07, 6.45) is 32.1. The summed E-state index contributed by atoms with van der Waals surface area (Å²) in [6.45, 7) is 17.1. The minimum Gasteiger partial charge on any atom is -1.00 e. The van der Waals surface area contributed by atoms with Crippen molar-refractivity contribution in [3.63, 3.8) is 0 Å². The molecular weight excluding hydrogens is 932 g/mol. The van der Waals surface area contributed by atoms with Crippen molar-refractivity contribution >= 4 is 36.9 Å². The standard InChI is InChI=1S/C18H41NOP.C15H33BrP.C3H9NO.CH2O3.2BrH.2K.H/c1-5-8-15-21(16-9-6-2,17-10-7-3)18-11-12-19(4)13-14-20;1-4-7-12-17(13-8-5-2,14-9-6-3)15-10-11-16;1-4-2-3-5;2-1-4-3;;;;;/h20H,5-18H2,1-4H3;4-15H2,1-3H3;4-5H,2-3H2,1H3;1,3H;2*1H;;;/q2*+1;;;;;2*+1;-1/p-3. The van der Waals surface area contributed by atoms with Gasteiger partial charge in [-0.05, 0) is 65.5 Å². The maximum atomic E-state index is 9.01. The van der Waals surface area contributed by atoms with E-state index in [2.05, 4.69) is 79.6 Å². The molecule has 0 aromatic carbocycles. The Kier molecular flexibility index (Phi) is 88.5. The van der Waals surface area contributed by atoms with E-state index >= 15 is 0 Å². The first-order chi connectivity index (χ1) is 22.7. The van der Waals surface area contributed by atoms with E-state index < -0.39 is 14.5 Å². The fourth-order valence-electron chi connectivity index (χ4n) is 5.77. The van der Waals surface area contributed by atoms with Gasteiger partial charge in [-0.1, -0.05) is 96.0 Å². The van der Waals surface area contributed by atoms with Gasteiger partial charge in [0.1, 0.15) is 0 Å². The van der Waals surface area contributed by atoms with Gasteiger partial charge in [-0.2, -0.15) is 0 Å². The fourth-order valence-corrected chi connectivity index (χ4v) is 16.7. The number of aliphatic hydroxyl groups is 2. The van der Waals surface area contributed by atoms with Crippen molar-refractivity contribution in [2.75, 3.05) is 102 Å². The molecule has 3 N–H and O–H groups in total. The molecule has 0 saturated carbocycles. The minimum absolute atomic E-state index is 0. The van der Waals surface area contributed by atoms with Crippen LogP contribution < -0.4 is 147 Å². The number of hydrogen-bond donors (Lipinski definition) is 3. The van der Waals surface area contributed by atoms with Crippen LogP contribution in [-0.4, -0.2) is 123 Å². The van der Waals surface area contributed by atoms with Gasteiger partial charge in [0.05, 0.1) is 62.5 Å². The number of likely N-dealkylation sites (N-methyl/N-ethyl adjacent to an activating group) is 2. The van der Waals surface area contributed by atoms with Crippen LogP contribution in [0, 0.1) is 0 Å². The number of nitrogens with zero attached hydrogens (tertiary/aromatic N) is 1. The fraction of sp³-hybridized carbons (Fsp3) is 0.973. The third-order valence-corrected chi connectivity index (χ3v) is 19.4. The SMILES string of the molecule is CCCC[P+](CCCC)(CCCC)CCCBr.CCCC[P+](CCCC)(CCCC)CCCN(C)CCO.CNCCO.O=CO[O-].[Br-].[Br-].[H-].[K+].[K+]. The normalized spacial score (nSPS) is 10.3. The van der Waals surface area contributed by atoms with Crippen LogP contribution in [0.4, 0.5) is 0 Å². The first-order valence-corrected chi connectivity index (χ1v) is 25.4. The van der Waals surface area contributed by atoms with Crippen molar-refractivity contribution in [2.45, 2.75) is 131 Å². The second-order valence-corrected chi connectivity index (χ2v) is 22.8. The van der Waals surface area contributed by atoms with E-state index in [1.807, 2.05) is 0 Å². The molecule has 0 atom stereocenters. The molecule has 7 nitrogen and oxygen atoms in total. The minimum atomic E-state index is -0.710. The third kappa shape index (κ3) is 54.8. The van der Waals surface area contributed by atoms with E-state index in [-0.39, 0.29) is 158 Å². The molecule has 0 aromatic rings. The molecule has 0 radical (unpaired) electrons. The molecule has 0 bridgehead atoms. The van der Waals surface area contributed by atoms with Gasteiger partial charge in [0, 0.05) is 39.5 Å².